The highest BCUT2D eigenvalue weighted by Gasteiger charge is 2.24. The van der Waals surface area contributed by atoms with Gasteiger partial charge in [-0.05, 0) is 31.4 Å². The van der Waals surface area contributed by atoms with E-state index in [2.05, 4.69) is 16.9 Å². The molecule has 1 aliphatic rings. The van der Waals surface area contributed by atoms with Gasteiger partial charge in [-0.25, -0.2) is 4.98 Å². The third kappa shape index (κ3) is 1.62. The molecule has 0 bridgehead atoms. The molecule has 3 rings (SSSR count). The third-order valence-corrected chi connectivity index (χ3v) is 3.56. The standard InChI is InChI=1S/C14H16N2O/c1-16-9-5-4-7-11-13(17)10-6-2-3-8-12(10)15-14(11)16/h2-3,6,8H,4-5,7,9H2,1H3,(H,15,17)/p+1. The first kappa shape index (κ1) is 10.4. The molecule has 0 amide bonds. The molecule has 3 nitrogen and oxygen atoms in total. The normalized spacial score (nSPS) is 15.7. The minimum absolute atomic E-state index is 0.447. The SMILES string of the molecule is CN1CCCCc2c1[nH+]c1ccccc1c2O. The van der Waals surface area contributed by atoms with Crippen LogP contribution in [0.25, 0.3) is 10.9 Å². The molecule has 0 unspecified atom stereocenters. The maximum atomic E-state index is 10.4. The minimum Gasteiger partial charge on any atom is -0.507 e. The Morgan fingerprint density at radius 1 is 1.24 bits per heavy atom. The summed E-state index contributed by atoms with van der Waals surface area (Å²) in [7, 11) is 2.08. The Balaban J connectivity index is 2.31. The molecule has 88 valence electrons. The predicted molar refractivity (Wildman–Crippen MR) is 68.4 cm³/mol. The molecule has 1 aliphatic heterocycles. The highest BCUT2D eigenvalue weighted by Crippen LogP contribution is 2.33. The molecule has 0 atom stereocenters. The number of benzene rings is 1. The van der Waals surface area contributed by atoms with Crippen molar-refractivity contribution in [2.24, 2.45) is 0 Å². The Kier molecular flexibility index (Phi) is 2.39. The first-order valence-electron chi connectivity index (χ1n) is 6.14. The van der Waals surface area contributed by atoms with Gasteiger partial charge in [-0.15, -0.1) is 0 Å². The van der Waals surface area contributed by atoms with Crippen LogP contribution in [0.2, 0.25) is 0 Å². The number of hydrogen-bond donors (Lipinski definition) is 1. The molecule has 2 heterocycles. The lowest BCUT2D eigenvalue weighted by atomic mass is 10.1. The summed E-state index contributed by atoms with van der Waals surface area (Å²) in [6.45, 7) is 1.04. The average Bonchev–Trinajstić information content (AvgIpc) is 2.53. The van der Waals surface area contributed by atoms with E-state index in [1.165, 1.54) is 6.42 Å². The molecule has 0 saturated carbocycles. The first-order valence-corrected chi connectivity index (χ1v) is 6.14. The quantitative estimate of drug-likeness (QED) is 0.751. The maximum absolute atomic E-state index is 10.4. The van der Waals surface area contributed by atoms with Gasteiger partial charge in [0, 0.05) is 0 Å². The van der Waals surface area contributed by atoms with E-state index in [1.807, 2.05) is 24.3 Å². The molecule has 0 fully saturated rings. The lowest BCUT2D eigenvalue weighted by Gasteiger charge is -2.12. The van der Waals surface area contributed by atoms with Crippen LogP contribution in [0.5, 0.6) is 5.75 Å². The van der Waals surface area contributed by atoms with Crippen LogP contribution in [0.15, 0.2) is 24.3 Å². The Morgan fingerprint density at radius 2 is 2.06 bits per heavy atom. The van der Waals surface area contributed by atoms with Gasteiger partial charge in [0.25, 0.3) is 5.82 Å². The summed E-state index contributed by atoms with van der Waals surface area (Å²) in [5, 5.41) is 11.3. The number of hydrogen-bond acceptors (Lipinski definition) is 2. The number of aromatic nitrogens is 1. The number of nitrogens with zero attached hydrogens (tertiary/aromatic N) is 1. The highest BCUT2D eigenvalue weighted by molar-refractivity contribution is 5.85. The molecule has 0 radical (unpaired) electrons. The molecule has 0 spiro atoms. The Bertz CT molecular complexity index is 565. The van der Waals surface area contributed by atoms with Crippen molar-refractivity contribution in [2.75, 3.05) is 18.5 Å². The summed E-state index contributed by atoms with van der Waals surface area (Å²) < 4.78 is 0. The van der Waals surface area contributed by atoms with Gasteiger partial charge in [0.05, 0.1) is 24.5 Å². The lowest BCUT2D eigenvalue weighted by molar-refractivity contribution is -0.331. The zero-order chi connectivity index (χ0) is 11.8. The van der Waals surface area contributed by atoms with E-state index in [4.69, 9.17) is 0 Å². The van der Waals surface area contributed by atoms with E-state index in [-0.39, 0.29) is 0 Å². The number of aromatic hydroxyl groups is 1. The average molecular weight is 229 g/mol. The highest BCUT2D eigenvalue weighted by atomic mass is 16.3. The van der Waals surface area contributed by atoms with Gasteiger partial charge in [0.1, 0.15) is 11.3 Å². The summed E-state index contributed by atoms with van der Waals surface area (Å²) in [5.74, 6) is 1.52. The van der Waals surface area contributed by atoms with Gasteiger partial charge in [-0.2, -0.15) is 0 Å². The van der Waals surface area contributed by atoms with Crippen molar-refractivity contribution in [3.8, 4) is 5.75 Å². The number of nitrogens with one attached hydrogen (secondary N) is 1. The number of fused-ring (bicyclic) bond motifs is 2. The maximum Gasteiger partial charge on any atom is 0.281 e. The predicted octanol–water partition coefficient (Wildman–Crippen LogP) is 2.13. The van der Waals surface area contributed by atoms with Gasteiger partial charge in [-0.3, -0.25) is 4.90 Å². The number of anilines is 1. The Hall–Kier alpha value is -1.77. The Morgan fingerprint density at radius 3 is 2.94 bits per heavy atom. The second-order valence-corrected chi connectivity index (χ2v) is 4.73. The van der Waals surface area contributed by atoms with Crippen LogP contribution in [-0.2, 0) is 6.42 Å². The number of pyridine rings is 1. The van der Waals surface area contributed by atoms with E-state index >= 15 is 0 Å². The summed E-state index contributed by atoms with van der Waals surface area (Å²) in [6, 6.07) is 7.92. The van der Waals surface area contributed by atoms with Crippen molar-refractivity contribution in [3.05, 3.63) is 29.8 Å². The number of para-hydroxylation sites is 1. The summed E-state index contributed by atoms with van der Waals surface area (Å²) in [5.41, 5.74) is 2.06. The van der Waals surface area contributed by atoms with Crippen LogP contribution in [0.4, 0.5) is 5.82 Å². The van der Waals surface area contributed by atoms with Crippen LogP contribution in [0.1, 0.15) is 18.4 Å². The summed E-state index contributed by atoms with van der Waals surface area (Å²) in [4.78, 5) is 5.65. The van der Waals surface area contributed by atoms with Gasteiger partial charge < -0.3 is 5.11 Å². The van der Waals surface area contributed by atoms with E-state index in [0.29, 0.717) is 5.75 Å². The molecule has 0 aliphatic carbocycles. The molecule has 17 heavy (non-hydrogen) atoms. The second kappa shape index (κ2) is 3.91. The molecular weight excluding hydrogens is 212 g/mol. The van der Waals surface area contributed by atoms with Crippen molar-refractivity contribution in [3.63, 3.8) is 0 Å². The molecule has 2 N–H and O–H groups in total. The first-order chi connectivity index (χ1) is 8.27. The van der Waals surface area contributed by atoms with Crippen molar-refractivity contribution in [2.45, 2.75) is 19.3 Å². The molecule has 1 aromatic heterocycles. The molecule has 0 saturated heterocycles. The smallest absolute Gasteiger partial charge is 0.281 e. The van der Waals surface area contributed by atoms with Crippen molar-refractivity contribution >= 4 is 16.7 Å². The van der Waals surface area contributed by atoms with Gasteiger partial charge in [0.2, 0.25) is 0 Å². The van der Waals surface area contributed by atoms with Crippen molar-refractivity contribution < 1.29 is 10.1 Å². The van der Waals surface area contributed by atoms with Gasteiger partial charge in [-0.1, -0.05) is 12.1 Å². The fourth-order valence-corrected chi connectivity index (χ4v) is 2.60. The molecule has 2 aromatic rings. The largest absolute Gasteiger partial charge is 0.507 e. The van der Waals surface area contributed by atoms with Crippen LogP contribution in [0, 0.1) is 0 Å². The molecule has 3 heteroatoms. The monoisotopic (exact) mass is 229 g/mol. The summed E-state index contributed by atoms with van der Waals surface area (Å²) >= 11 is 0. The topological polar surface area (TPSA) is 37.6 Å². The van der Waals surface area contributed by atoms with Crippen LogP contribution >= 0.6 is 0 Å². The van der Waals surface area contributed by atoms with Crippen molar-refractivity contribution in [1.82, 2.24) is 0 Å². The van der Waals surface area contributed by atoms with Crippen LogP contribution in [0.3, 0.4) is 0 Å². The molecule has 1 aromatic carbocycles. The number of aromatic amines is 1. The Labute approximate surface area is 101 Å². The van der Waals surface area contributed by atoms with Crippen LogP contribution < -0.4 is 9.88 Å². The summed E-state index contributed by atoms with van der Waals surface area (Å²) in [6.07, 6.45) is 3.26. The van der Waals surface area contributed by atoms with E-state index in [9.17, 15) is 5.11 Å². The second-order valence-electron chi connectivity index (χ2n) is 4.73. The zero-order valence-electron chi connectivity index (χ0n) is 10.0. The number of rotatable bonds is 0. The van der Waals surface area contributed by atoms with E-state index in [1.54, 1.807) is 0 Å². The van der Waals surface area contributed by atoms with Crippen LogP contribution in [-0.4, -0.2) is 18.7 Å². The molecular formula is C14H17N2O+. The van der Waals surface area contributed by atoms with Crippen molar-refractivity contribution in [1.29, 1.82) is 0 Å². The van der Waals surface area contributed by atoms with E-state index < -0.39 is 0 Å². The van der Waals surface area contributed by atoms with E-state index in [0.717, 1.165) is 41.7 Å². The third-order valence-electron chi connectivity index (χ3n) is 3.56. The fourth-order valence-electron chi connectivity index (χ4n) is 2.60. The van der Waals surface area contributed by atoms with Gasteiger partial charge >= 0.3 is 0 Å². The minimum atomic E-state index is 0.447. The lowest BCUT2D eigenvalue weighted by Crippen LogP contribution is -2.26. The zero-order valence-corrected chi connectivity index (χ0v) is 10.0. The van der Waals surface area contributed by atoms with Gasteiger partial charge in [0.15, 0.2) is 0 Å². The number of H-pyrrole nitrogens is 1. The fraction of sp³-hybridized carbons (Fsp3) is 0.357.